The Labute approximate surface area is 124 Å². The molecular weight excluding hydrogens is 272 g/mol. The van der Waals surface area contributed by atoms with Crippen molar-refractivity contribution >= 4 is 11.8 Å². The Kier molecular flexibility index (Phi) is 4.32. The lowest BCUT2D eigenvalue weighted by atomic mass is 10.0. The van der Waals surface area contributed by atoms with Gasteiger partial charge < -0.3 is 15.0 Å². The number of nitrogens with one attached hydrogen (secondary N) is 1. The highest BCUT2D eigenvalue weighted by atomic mass is 16.5. The summed E-state index contributed by atoms with van der Waals surface area (Å²) in [7, 11) is 1.56. The molecule has 1 aliphatic heterocycles. The van der Waals surface area contributed by atoms with Crippen LogP contribution in [0.4, 0.5) is 0 Å². The lowest BCUT2D eigenvalue weighted by Gasteiger charge is -2.38. The van der Waals surface area contributed by atoms with Crippen LogP contribution in [-0.2, 0) is 16.1 Å². The first kappa shape index (κ1) is 15.5. The number of hydrogen-bond donors (Lipinski definition) is 1. The van der Waals surface area contributed by atoms with E-state index in [0.29, 0.717) is 31.0 Å². The highest BCUT2D eigenvalue weighted by Crippen LogP contribution is 2.20. The molecule has 2 amide bonds. The van der Waals surface area contributed by atoms with Crippen LogP contribution in [0.5, 0.6) is 0 Å². The van der Waals surface area contributed by atoms with E-state index >= 15 is 0 Å². The molecule has 7 nitrogen and oxygen atoms in total. The summed E-state index contributed by atoms with van der Waals surface area (Å²) in [5, 5.41) is 6.87. The second-order valence-electron chi connectivity index (χ2n) is 5.37. The van der Waals surface area contributed by atoms with Crippen molar-refractivity contribution in [3.05, 3.63) is 17.5 Å². The average Bonchev–Trinajstić information content (AvgIpc) is 2.86. The number of amides is 2. The SMILES string of the molecule is CCn1cc(C(=O)N2CCO[C@](C)(C(=O)NC)C2)c(C)n1. The molecule has 1 aromatic heterocycles. The first-order valence-corrected chi connectivity index (χ1v) is 7.10. The van der Waals surface area contributed by atoms with Gasteiger partial charge in [-0.1, -0.05) is 0 Å². The third-order valence-corrected chi connectivity index (χ3v) is 3.77. The first-order chi connectivity index (χ1) is 9.91. The van der Waals surface area contributed by atoms with Crippen LogP contribution >= 0.6 is 0 Å². The minimum absolute atomic E-state index is 0.106. The van der Waals surface area contributed by atoms with Crippen molar-refractivity contribution in [2.75, 3.05) is 26.7 Å². The summed E-state index contributed by atoms with van der Waals surface area (Å²) in [6.45, 7) is 7.26. The maximum absolute atomic E-state index is 12.6. The molecule has 2 heterocycles. The molecule has 116 valence electrons. The molecule has 7 heteroatoms. The standard InChI is InChI=1S/C14H22N4O3/c1-5-18-8-11(10(2)16-18)12(19)17-6-7-21-14(3,9-17)13(20)15-4/h8H,5-7,9H2,1-4H3,(H,15,20)/t14-/m0/s1. The first-order valence-electron chi connectivity index (χ1n) is 7.10. The summed E-state index contributed by atoms with van der Waals surface area (Å²) in [4.78, 5) is 26.2. The quantitative estimate of drug-likeness (QED) is 0.863. The third kappa shape index (κ3) is 2.92. The smallest absolute Gasteiger partial charge is 0.257 e. The Morgan fingerprint density at radius 2 is 2.24 bits per heavy atom. The average molecular weight is 294 g/mol. The Bertz CT molecular complexity index is 554. The van der Waals surface area contributed by atoms with E-state index in [4.69, 9.17) is 4.74 Å². The zero-order valence-electron chi connectivity index (χ0n) is 13.0. The summed E-state index contributed by atoms with van der Waals surface area (Å²) >= 11 is 0. The Hall–Kier alpha value is -1.89. The van der Waals surface area contributed by atoms with E-state index in [-0.39, 0.29) is 18.4 Å². The minimum atomic E-state index is -1.00. The molecule has 0 spiro atoms. The lowest BCUT2D eigenvalue weighted by molar-refractivity contribution is -0.153. The largest absolute Gasteiger partial charge is 0.362 e. The number of morpholine rings is 1. The minimum Gasteiger partial charge on any atom is -0.362 e. The molecule has 2 rings (SSSR count). The molecule has 0 aliphatic carbocycles. The summed E-state index contributed by atoms with van der Waals surface area (Å²) in [6.07, 6.45) is 1.75. The van der Waals surface area contributed by atoms with Gasteiger partial charge in [0.1, 0.15) is 0 Å². The van der Waals surface area contributed by atoms with Crippen molar-refractivity contribution in [2.45, 2.75) is 32.9 Å². The van der Waals surface area contributed by atoms with Gasteiger partial charge in [-0.25, -0.2) is 0 Å². The van der Waals surface area contributed by atoms with Crippen LogP contribution in [0.1, 0.15) is 29.9 Å². The van der Waals surface area contributed by atoms with Crippen molar-refractivity contribution < 1.29 is 14.3 Å². The van der Waals surface area contributed by atoms with Crippen molar-refractivity contribution in [1.82, 2.24) is 20.0 Å². The van der Waals surface area contributed by atoms with Gasteiger partial charge in [0.15, 0.2) is 5.60 Å². The fourth-order valence-corrected chi connectivity index (χ4v) is 2.51. The zero-order chi connectivity index (χ0) is 15.6. The molecule has 21 heavy (non-hydrogen) atoms. The van der Waals surface area contributed by atoms with E-state index in [1.165, 1.54) is 0 Å². The highest BCUT2D eigenvalue weighted by molar-refractivity contribution is 5.96. The van der Waals surface area contributed by atoms with E-state index in [9.17, 15) is 9.59 Å². The predicted molar refractivity (Wildman–Crippen MR) is 77.0 cm³/mol. The van der Waals surface area contributed by atoms with Crippen molar-refractivity contribution in [3.8, 4) is 0 Å². The van der Waals surface area contributed by atoms with E-state index in [0.717, 1.165) is 0 Å². The zero-order valence-corrected chi connectivity index (χ0v) is 13.0. The normalized spacial score (nSPS) is 22.2. The van der Waals surface area contributed by atoms with Gasteiger partial charge in [-0.15, -0.1) is 0 Å². The van der Waals surface area contributed by atoms with Gasteiger partial charge in [0, 0.05) is 26.3 Å². The number of aromatic nitrogens is 2. The molecule has 1 saturated heterocycles. The summed E-state index contributed by atoms with van der Waals surface area (Å²) < 4.78 is 7.30. The van der Waals surface area contributed by atoms with Crippen molar-refractivity contribution in [3.63, 3.8) is 0 Å². The number of hydrogen-bond acceptors (Lipinski definition) is 4. The summed E-state index contributed by atoms with van der Waals surface area (Å²) in [5.74, 6) is -0.327. The van der Waals surface area contributed by atoms with Gasteiger partial charge in [-0.3, -0.25) is 14.3 Å². The van der Waals surface area contributed by atoms with Crippen molar-refractivity contribution in [1.29, 1.82) is 0 Å². The number of nitrogens with zero attached hydrogens (tertiary/aromatic N) is 3. The number of carbonyl (C=O) groups is 2. The second-order valence-corrected chi connectivity index (χ2v) is 5.37. The fraction of sp³-hybridized carbons (Fsp3) is 0.643. The number of rotatable bonds is 3. The van der Waals surface area contributed by atoms with Gasteiger partial charge in [0.05, 0.1) is 24.4 Å². The molecular formula is C14H22N4O3. The highest BCUT2D eigenvalue weighted by Gasteiger charge is 2.40. The maximum atomic E-state index is 12.6. The molecule has 0 saturated carbocycles. The predicted octanol–water partition coefficient (Wildman–Crippen LogP) is 0.189. The molecule has 1 N–H and O–H groups in total. The number of ether oxygens (including phenoxy) is 1. The fourth-order valence-electron chi connectivity index (χ4n) is 2.51. The van der Waals surface area contributed by atoms with Crippen LogP contribution in [-0.4, -0.2) is 58.8 Å². The monoisotopic (exact) mass is 294 g/mol. The van der Waals surface area contributed by atoms with E-state index < -0.39 is 5.60 Å². The molecule has 0 bridgehead atoms. The van der Waals surface area contributed by atoms with Crippen LogP contribution in [0.2, 0.25) is 0 Å². The summed E-state index contributed by atoms with van der Waals surface area (Å²) in [5.41, 5.74) is 0.283. The van der Waals surface area contributed by atoms with Crippen LogP contribution in [0.3, 0.4) is 0 Å². The molecule has 1 aliphatic rings. The maximum Gasteiger partial charge on any atom is 0.257 e. The molecule has 1 fully saturated rings. The van der Waals surface area contributed by atoms with Crippen LogP contribution in [0.15, 0.2) is 6.20 Å². The number of likely N-dealkylation sites (N-methyl/N-ethyl adjacent to an activating group) is 1. The Balaban J connectivity index is 2.19. The second kappa shape index (κ2) is 5.85. The summed E-state index contributed by atoms with van der Waals surface area (Å²) in [6, 6.07) is 0. The van der Waals surface area contributed by atoms with Gasteiger partial charge in [-0.05, 0) is 20.8 Å². The molecule has 0 unspecified atom stereocenters. The van der Waals surface area contributed by atoms with Gasteiger partial charge in [0.2, 0.25) is 0 Å². The molecule has 0 radical (unpaired) electrons. The lowest BCUT2D eigenvalue weighted by Crippen LogP contribution is -2.58. The van der Waals surface area contributed by atoms with E-state index in [2.05, 4.69) is 10.4 Å². The van der Waals surface area contributed by atoms with Gasteiger partial charge >= 0.3 is 0 Å². The molecule has 1 aromatic rings. The number of aryl methyl sites for hydroxylation is 2. The Morgan fingerprint density at radius 3 is 2.81 bits per heavy atom. The van der Waals surface area contributed by atoms with Crippen LogP contribution in [0.25, 0.3) is 0 Å². The van der Waals surface area contributed by atoms with Crippen LogP contribution < -0.4 is 5.32 Å². The van der Waals surface area contributed by atoms with Crippen LogP contribution in [0, 0.1) is 6.92 Å². The third-order valence-electron chi connectivity index (χ3n) is 3.77. The van der Waals surface area contributed by atoms with Gasteiger partial charge in [0.25, 0.3) is 11.8 Å². The topological polar surface area (TPSA) is 76.5 Å². The molecule has 1 atom stereocenters. The van der Waals surface area contributed by atoms with E-state index in [1.54, 1.807) is 29.7 Å². The van der Waals surface area contributed by atoms with Gasteiger partial charge in [-0.2, -0.15) is 5.10 Å². The Morgan fingerprint density at radius 1 is 1.52 bits per heavy atom. The van der Waals surface area contributed by atoms with Crippen molar-refractivity contribution in [2.24, 2.45) is 0 Å². The number of carbonyl (C=O) groups excluding carboxylic acids is 2. The van der Waals surface area contributed by atoms with E-state index in [1.807, 2.05) is 13.8 Å². The molecule has 0 aromatic carbocycles.